The molecule has 1 aliphatic heterocycles. The number of fused-ring (bicyclic) bond motifs is 4. The summed E-state index contributed by atoms with van der Waals surface area (Å²) in [5.41, 5.74) is 8.25. The minimum atomic E-state index is -0.674. The lowest BCUT2D eigenvalue weighted by atomic mass is 9.98. The molecule has 1 fully saturated rings. The van der Waals surface area contributed by atoms with Crippen molar-refractivity contribution in [1.82, 2.24) is 14.5 Å². The Morgan fingerprint density at radius 1 is 1.00 bits per heavy atom. The molecule has 0 spiro atoms. The number of para-hydroxylation sites is 1. The Balaban J connectivity index is 1.13. The zero-order valence-electron chi connectivity index (χ0n) is 22.9. The minimum Gasteiger partial charge on any atom is -0.481 e. The molecular formula is C35H32ClN3O2. The van der Waals surface area contributed by atoms with Crippen LogP contribution in [0.4, 0.5) is 0 Å². The summed E-state index contributed by atoms with van der Waals surface area (Å²) in [7, 11) is 0. The van der Waals surface area contributed by atoms with E-state index < -0.39 is 5.97 Å². The monoisotopic (exact) mass is 561 g/mol. The van der Waals surface area contributed by atoms with Gasteiger partial charge in [-0.2, -0.15) is 0 Å². The SMILES string of the molecule is O=C(O)CC1(CN2CCc3c(c4ccccc4n3Cc3cccc(/C=C/c4ccc5ccc(Cl)cc5n4)c3)C2)CC1. The highest BCUT2D eigenvalue weighted by atomic mass is 35.5. The standard InChI is InChI=1S/C35H32ClN3O2/c36-27-11-9-26-10-13-28(37-31(26)19-27)12-8-24-4-3-5-25(18-24)21-39-32-7-2-1-6-29(32)30-22-38(17-14-33(30)39)23-35(15-16-35)20-34(40)41/h1-13,18-19H,14-17,20-23H2,(H,40,41)/b12-8+. The summed E-state index contributed by atoms with van der Waals surface area (Å²) in [6.07, 6.45) is 7.49. The number of nitrogens with zero attached hydrogens (tertiary/aromatic N) is 3. The van der Waals surface area contributed by atoms with E-state index in [9.17, 15) is 9.90 Å². The van der Waals surface area contributed by atoms with Crippen LogP contribution in [0, 0.1) is 5.41 Å². The van der Waals surface area contributed by atoms with Crippen LogP contribution in [0.2, 0.25) is 5.02 Å². The lowest BCUT2D eigenvalue weighted by Crippen LogP contribution is -2.36. The van der Waals surface area contributed by atoms with E-state index in [0.29, 0.717) is 5.02 Å². The van der Waals surface area contributed by atoms with Crippen molar-refractivity contribution in [1.29, 1.82) is 0 Å². The van der Waals surface area contributed by atoms with Gasteiger partial charge in [-0.05, 0) is 71.4 Å². The topological polar surface area (TPSA) is 58.4 Å². The molecule has 3 heterocycles. The van der Waals surface area contributed by atoms with Crippen LogP contribution in [0.1, 0.15) is 47.3 Å². The van der Waals surface area contributed by atoms with E-state index in [1.807, 2.05) is 24.3 Å². The zero-order valence-corrected chi connectivity index (χ0v) is 23.6. The lowest BCUT2D eigenvalue weighted by molar-refractivity contribution is -0.138. The lowest BCUT2D eigenvalue weighted by Gasteiger charge is -2.31. The summed E-state index contributed by atoms with van der Waals surface area (Å²) in [4.78, 5) is 18.6. The molecule has 6 heteroatoms. The van der Waals surface area contributed by atoms with Crippen molar-refractivity contribution in [2.75, 3.05) is 13.1 Å². The first-order valence-electron chi connectivity index (χ1n) is 14.3. The number of hydrogen-bond donors (Lipinski definition) is 1. The molecule has 1 aliphatic carbocycles. The van der Waals surface area contributed by atoms with Gasteiger partial charge >= 0.3 is 5.97 Å². The summed E-state index contributed by atoms with van der Waals surface area (Å²) in [5, 5.41) is 12.5. The molecule has 0 atom stereocenters. The highest BCUT2D eigenvalue weighted by Gasteiger charge is 2.46. The molecule has 0 unspecified atom stereocenters. The van der Waals surface area contributed by atoms with Gasteiger partial charge in [0, 0.05) is 59.6 Å². The number of halogens is 1. The van der Waals surface area contributed by atoms with E-state index in [4.69, 9.17) is 16.6 Å². The second kappa shape index (κ2) is 10.5. The summed E-state index contributed by atoms with van der Waals surface area (Å²) in [6.45, 7) is 3.55. The molecule has 0 saturated heterocycles. The van der Waals surface area contributed by atoms with Crippen molar-refractivity contribution in [3.63, 3.8) is 0 Å². The molecule has 0 radical (unpaired) electrons. The Kier molecular flexibility index (Phi) is 6.64. The van der Waals surface area contributed by atoms with Crippen LogP contribution in [-0.4, -0.2) is 38.6 Å². The highest BCUT2D eigenvalue weighted by molar-refractivity contribution is 6.31. The molecule has 2 aliphatic rings. The van der Waals surface area contributed by atoms with Gasteiger partial charge in [-0.15, -0.1) is 0 Å². The second-order valence-electron chi connectivity index (χ2n) is 11.7. The fraction of sp³-hybridized carbons (Fsp3) is 0.257. The van der Waals surface area contributed by atoms with E-state index in [1.165, 1.54) is 27.7 Å². The van der Waals surface area contributed by atoms with Crippen LogP contribution in [-0.2, 0) is 24.3 Å². The molecule has 0 bridgehead atoms. The quantitative estimate of drug-likeness (QED) is 0.211. The van der Waals surface area contributed by atoms with Crippen LogP contribution in [0.5, 0.6) is 0 Å². The van der Waals surface area contributed by atoms with Crippen LogP contribution >= 0.6 is 11.6 Å². The predicted molar refractivity (Wildman–Crippen MR) is 166 cm³/mol. The Morgan fingerprint density at radius 3 is 2.71 bits per heavy atom. The number of rotatable bonds is 8. The van der Waals surface area contributed by atoms with E-state index >= 15 is 0 Å². The molecule has 41 heavy (non-hydrogen) atoms. The van der Waals surface area contributed by atoms with Gasteiger partial charge in [-0.3, -0.25) is 9.69 Å². The fourth-order valence-corrected chi connectivity index (χ4v) is 6.66. The molecular weight excluding hydrogens is 530 g/mol. The first kappa shape index (κ1) is 26.0. The van der Waals surface area contributed by atoms with Gasteiger partial charge in [-0.1, -0.05) is 66.2 Å². The van der Waals surface area contributed by atoms with E-state index in [-0.39, 0.29) is 11.8 Å². The number of benzene rings is 3. The highest BCUT2D eigenvalue weighted by Crippen LogP contribution is 2.50. The maximum atomic E-state index is 11.4. The molecule has 0 amide bonds. The summed E-state index contributed by atoms with van der Waals surface area (Å²) in [6, 6.07) is 27.3. The Hall–Kier alpha value is -3.93. The molecule has 206 valence electrons. The van der Waals surface area contributed by atoms with E-state index in [0.717, 1.165) is 67.6 Å². The average Bonchev–Trinajstić information content (AvgIpc) is 3.65. The number of pyridine rings is 1. The maximum Gasteiger partial charge on any atom is 0.303 e. The third-order valence-electron chi connectivity index (χ3n) is 8.70. The average molecular weight is 562 g/mol. The van der Waals surface area contributed by atoms with Gasteiger partial charge in [0.1, 0.15) is 0 Å². The Morgan fingerprint density at radius 2 is 1.85 bits per heavy atom. The first-order valence-corrected chi connectivity index (χ1v) is 14.7. The third kappa shape index (κ3) is 5.40. The van der Waals surface area contributed by atoms with Gasteiger partial charge in [0.15, 0.2) is 0 Å². The Labute approximate surface area is 244 Å². The number of hydrogen-bond acceptors (Lipinski definition) is 3. The summed E-state index contributed by atoms with van der Waals surface area (Å²) in [5.74, 6) is -0.674. The van der Waals surface area contributed by atoms with Crippen LogP contribution in [0.15, 0.2) is 78.9 Å². The van der Waals surface area contributed by atoms with Gasteiger partial charge in [0.05, 0.1) is 17.6 Å². The van der Waals surface area contributed by atoms with Crippen molar-refractivity contribution < 1.29 is 9.90 Å². The summed E-state index contributed by atoms with van der Waals surface area (Å²) >= 11 is 6.17. The van der Waals surface area contributed by atoms with Crippen molar-refractivity contribution in [2.45, 2.75) is 38.8 Å². The van der Waals surface area contributed by atoms with Crippen molar-refractivity contribution >= 4 is 51.5 Å². The van der Waals surface area contributed by atoms with Crippen LogP contribution < -0.4 is 0 Å². The predicted octanol–water partition coefficient (Wildman–Crippen LogP) is 7.67. The smallest absolute Gasteiger partial charge is 0.303 e. The zero-order chi connectivity index (χ0) is 28.0. The van der Waals surface area contributed by atoms with Gasteiger partial charge < -0.3 is 9.67 Å². The normalized spacial score (nSPS) is 16.4. The minimum absolute atomic E-state index is 0.0227. The third-order valence-corrected chi connectivity index (χ3v) is 8.93. The van der Waals surface area contributed by atoms with Crippen molar-refractivity contribution in [3.8, 4) is 0 Å². The maximum absolute atomic E-state index is 11.4. The molecule has 1 saturated carbocycles. The van der Waals surface area contributed by atoms with Crippen molar-refractivity contribution in [2.24, 2.45) is 5.41 Å². The summed E-state index contributed by atoms with van der Waals surface area (Å²) < 4.78 is 2.49. The second-order valence-corrected chi connectivity index (χ2v) is 12.1. The molecule has 1 N–H and O–H groups in total. The molecule has 7 rings (SSSR count). The Bertz CT molecular complexity index is 1820. The molecule has 5 nitrogen and oxygen atoms in total. The number of carboxylic acids is 1. The van der Waals surface area contributed by atoms with Gasteiger partial charge in [0.2, 0.25) is 0 Å². The van der Waals surface area contributed by atoms with Gasteiger partial charge in [-0.25, -0.2) is 4.98 Å². The van der Waals surface area contributed by atoms with Crippen LogP contribution in [0.3, 0.4) is 0 Å². The molecule has 2 aromatic heterocycles. The van der Waals surface area contributed by atoms with E-state index in [2.05, 4.69) is 76.2 Å². The van der Waals surface area contributed by atoms with Gasteiger partial charge in [0.25, 0.3) is 0 Å². The van der Waals surface area contributed by atoms with Crippen molar-refractivity contribution in [3.05, 3.63) is 112 Å². The fourth-order valence-electron chi connectivity index (χ4n) is 6.49. The molecule has 3 aromatic carbocycles. The largest absolute Gasteiger partial charge is 0.481 e. The number of carbonyl (C=O) groups is 1. The first-order chi connectivity index (χ1) is 19.9. The number of aromatic nitrogens is 2. The number of aliphatic carboxylic acids is 1. The van der Waals surface area contributed by atoms with E-state index in [1.54, 1.807) is 0 Å². The number of carboxylic acid groups (broad SMARTS) is 1. The molecule has 5 aromatic rings. The van der Waals surface area contributed by atoms with Crippen LogP contribution in [0.25, 0.3) is 34.0 Å².